The average Bonchev–Trinajstić information content (AvgIpc) is 3.16. The summed E-state index contributed by atoms with van der Waals surface area (Å²) in [6, 6.07) is 0.176. The van der Waals surface area contributed by atoms with Gasteiger partial charge in [0.1, 0.15) is 0 Å². The second kappa shape index (κ2) is 5.83. The Morgan fingerprint density at radius 1 is 1.20 bits per heavy atom. The molecule has 3 atom stereocenters. The molecule has 0 unspecified atom stereocenters. The zero-order valence-electron chi connectivity index (χ0n) is 14.4. The lowest BCUT2D eigenvalue weighted by molar-refractivity contribution is -0.142. The minimum Gasteiger partial charge on any atom is -0.396 e. The van der Waals surface area contributed by atoms with Crippen molar-refractivity contribution in [2.24, 2.45) is 5.41 Å². The molecule has 2 aliphatic heterocycles. The quantitative estimate of drug-likeness (QED) is 0.902. The minimum absolute atomic E-state index is 0.0372. The van der Waals surface area contributed by atoms with Gasteiger partial charge in [0.2, 0.25) is 5.95 Å². The van der Waals surface area contributed by atoms with Gasteiger partial charge in [0, 0.05) is 28.8 Å². The lowest BCUT2D eigenvalue weighted by atomic mass is 9.72. The topological polar surface area (TPSA) is 49.2 Å². The van der Waals surface area contributed by atoms with Gasteiger partial charge < -0.3 is 10.0 Å². The third-order valence-corrected chi connectivity index (χ3v) is 6.54. The van der Waals surface area contributed by atoms with Crippen LogP contribution in [0.2, 0.25) is 0 Å². The van der Waals surface area contributed by atoms with Crippen LogP contribution in [0, 0.1) is 5.41 Å². The van der Waals surface area contributed by atoms with Gasteiger partial charge >= 0.3 is 6.18 Å². The number of nitrogens with zero attached hydrogens (tertiary/aromatic N) is 3. The molecule has 0 saturated carbocycles. The van der Waals surface area contributed by atoms with Crippen molar-refractivity contribution in [3.63, 3.8) is 0 Å². The number of aliphatic hydroxyl groups is 1. The molecule has 1 aliphatic carbocycles. The van der Waals surface area contributed by atoms with Gasteiger partial charge in [-0.3, -0.25) is 0 Å². The Hall–Kier alpha value is -1.37. The number of rotatable bonds is 3. The second-order valence-electron chi connectivity index (χ2n) is 7.73. The Labute approximate surface area is 145 Å². The van der Waals surface area contributed by atoms with Crippen molar-refractivity contribution in [1.29, 1.82) is 0 Å². The lowest BCUT2D eigenvalue weighted by Gasteiger charge is -2.35. The van der Waals surface area contributed by atoms with Crippen molar-refractivity contribution in [3.05, 3.63) is 17.0 Å². The highest BCUT2D eigenvalue weighted by Gasteiger charge is 2.56. The summed E-state index contributed by atoms with van der Waals surface area (Å²) in [6.45, 7) is 2.11. The number of aromatic nitrogens is 2. The van der Waals surface area contributed by atoms with Gasteiger partial charge in [0.25, 0.3) is 0 Å². The van der Waals surface area contributed by atoms with Crippen molar-refractivity contribution in [2.45, 2.75) is 76.6 Å². The summed E-state index contributed by atoms with van der Waals surface area (Å²) >= 11 is 0. The molecule has 4 rings (SSSR count). The SMILES string of the molecule is CC[C@]1(CO)C[C@H]2CC[C@@H]1N2c1nc2c(c(C(F)(F)F)n1)CCCC2. The summed E-state index contributed by atoms with van der Waals surface area (Å²) in [6.07, 6.45) is 1.65. The highest BCUT2D eigenvalue weighted by molar-refractivity contribution is 5.45. The molecule has 25 heavy (non-hydrogen) atoms. The van der Waals surface area contributed by atoms with Crippen LogP contribution in [0.5, 0.6) is 0 Å². The molecule has 3 aliphatic rings. The van der Waals surface area contributed by atoms with Crippen LogP contribution in [0.15, 0.2) is 0 Å². The predicted octanol–water partition coefficient (Wildman–Crippen LogP) is 3.50. The van der Waals surface area contributed by atoms with Crippen molar-refractivity contribution in [2.75, 3.05) is 11.5 Å². The van der Waals surface area contributed by atoms with Crippen LogP contribution in [-0.2, 0) is 19.0 Å². The molecule has 0 amide bonds. The Morgan fingerprint density at radius 3 is 2.60 bits per heavy atom. The molecule has 1 N–H and O–H groups in total. The Balaban J connectivity index is 1.79. The van der Waals surface area contributed by atoms with Crippen molar-refractivity contribution < 1.29 is 18.3 Å². The standard InChI is InChI=1S/C18H24F3N3O/c1-2-17(10-25)9-11-7-8-14(17)24(11)16-22-13-6-4-3-5-12(13)15(23-16)18(19,20)21/h11,14,25H,2-10H2,1H3/t11-,14+,17-/m1/s1. The fourth-order valence-electron chi connectivity index (χ4n) is 5.19. The third kappa shape index (κ3) is 2.54. The molecule has 138 valence electrons. The first-order valence-corrected chi connectivity index (χ1v) is 9.26. The molecule has 2 bridgehead atoms. The van der Waals surface area contributed by atoms with Gasteiger partial charge in [-0.1, -0.05) is 6.92 Å². The molecular formula is C18H24F3N3O. The molecule has 4 nitrogen and oxygen atoms in total. The van der Waals surface area contributed by atoms with E-state index in [-0.39, 0.29) is 35.6 Å². The zero-order valence-corrected chi connectivity index (χ0v) is 14.4. The maximum absolute atomic E-state index is 13.6. The maximum Gasteiger partial charge on any atom is 0.433 e. The third-order valence-electron chi connectivity index (χ3n) is 6.54. The van der Waals surface area contributed by atoms with Crippen LogP contribution < -0.4 is 4.90 Å². The van der Waals surface area contributed by atoms with Crippen LogP contribution in [0.1, 0.15) is 62.4 Å². The minimum atomic E-state index is -4.45. The van der Waals surface area contributed by atoms with Crippen LogP contribution in [-0.4, -0.2) is 33.8 Å². The molecule has 2 saturated heterocycles. The number of aryl methyl sites for hydroxylation is 1. The number of fused-ring (bicyclic) bond motifs is 3. The van der Waals surface area contributed by atoms with Crippen LogP contribution in [0.4, 0.5) is 19.1 Å². The van der Waals surface area contributed by atoms with E-state index in [0.29, 0.717) is 18.5 Å². The zero-order chi connectivity index (χ0) is 17.8. The summed E-state index contributed by atoms with van der Waals surface area (Å²) in [7, 11) is 0. The first-order valence-electron chi connectivity index (χ1n) is 9.26. The summed E-state index contributed by atoms with van der Waals surface area (Å²) in [4.78, 5) is 10.6. The monoisotopic (exact) mass is 355 g/mol. The molecule has 3 heterocycles. The van der Waals surface area contributed by atoms with E-state index in [1.54, 1.807) is 0 Å². The van der Waals surface area contributed by atoms with E-state index in [4.69, 9.17) is 0 Å². The van der Waals surface area contributed by atoms with Gasteiger partial charge in [-0.2, -0.15) is 13.2 Å². The van der Waals surface area contributed by atoms with Gasteiger partial charge in [0.15, 0.2) is 5.69 Å². The van der Waals surface area contributed by atoms with E-state index in [1.807, 2.05) is 11.8 Å². The van der Waals surface area contributed by atoms with Crippen LogP contribution in [0.25, 0.3) is 0 Å². The summed E-state index contributed by atoms with van der Waals surface area (Å²) < 4.78 is 40.8. The molecule has 0 aromatic carbocycles. The summed E-state index contributed by atoms with van der Waals surface area (Å²) in [5.41, 5.74) is -0.121. The molecule has 1 aromatic heterocycles. The first-order chi connectivity index (χ1) is 11.9. The summed E-state index contributed by atoms with van der Waals surface area (Å²) in [5, 5.41) is 9.93. The number of alkyl halides is 3. The molecule has 1 aromatic rings. The van der Waals surface area contributed by atoms with E-state index >= 15 is 0 Å². The average molecular weight is 355 g/mol. The number of hydrogen-bond acceptors (Lipinski definition) is 4. The Bertz CT molecular complexity index is 672. The van der Waals surface area contributed by atoms with Crippen molar-refractivity contribution in [3.8, 4) is 0 Å². The fourth-order valence-corrected chi connectivity index (χ4v) is 5.19. The lowest BCUT2D eigenvalue weighted by Crippen LogP contribution is -2.40. The Kier molecular flexibility index (Phi) is 3.98. The Morgan fingerprint density at radius 2 is 1.96 bits per heavy atom. The van der Waals surface area contributed by atoms with Crippen molar-refractivity contribution in [1.82, 2.24) is 9.97 Å². The van der Waals surface area contributed by atoms with Gasteiger partial charge in [-0.05, 0) is 51.4 Å². The predicted molar refractivity (Wildman–Crippen MR) is 87.4 cm³/mol. The molecule has 0 radical (unpaired) electrons. The molecule has 0 spiro atoms. The second-order valence-corrected chi connectivity index (χ2v) is 7.73. The highest BCUT2D eigenvalue weighted by atomic mass is 19.4. The van der Waals surface area contributed by atoms with Crippen molar-refractivity contribution >= 4 is 5.95 Å². The fraction of sp³-hybridized carbons (Fsp3) is 0.778. The molecular weight excluding hydrogens is 331 g/mol. The van der Waals surface area contributed by atoms with Crippen LogP contribution in [0.3, 0.4) is 0 Å². The highest BCUT2D eigenvalue weighted by Crippen LogP contribution is 2.52. The number of aliphatic hydroxyl groups excluding tert-OH is 1. The largest absolute Gasteiger partial charge is 0.433 e. The van der Waals surface area contributed by atoms with E-state index < -0.39 is 11.9 Å². The van der Waals surface area contributed by atoms with Gasteiger partial charge in [0.05, 0.1) is 6.61 Å². The van der Waals surface area contributed by atoms with Crippen LogP contribution >= 0.6 is 0 Å². The number of hydrogen-bond donors (Lipinski definition) is 1. The first kappa shape index (κ1) is 17.1. The maximum atomic E-state index is 13.6. The molecule has 7 heteroatoms. The summed E-state index contributed by atoms with van der Waals surface area (Å²) in [5.74, 6) is 0.226. The van der Waals surface area contributed by atoms with E-state index in [9.17, 15) is 18.3 Å². The van der Waals surface area contributed by atoms with Gasteiger partial charge in [-0.25, -0.2) is 9.97 Å². The smallest absolute Gasteiger partial charge is 0.396 e. The van der Waals surface area contributed by atoms with E-state index in [0.717, 1.165) is 38.5 Å². The van der Waals surface area contributed by atoms with E-state index in [1.165, 1.54) is 0 Å². The van der Waals surface area contributed by atoms with E-state index in [2.05, 4.69) is 9.97 Å². The van der Waals surface area contributed by atoms with Gasteiger partial charge in [-0.15, -0.1) is 0 Å². The number of anilines is 1. The number of halogens is 3. The normalized spacial score (nSPS) is 31.5. The molecule has 2 fully saturated rings.